The predicted molar refractivity (Wildman–Crippen MR) is 75.2 cm³/mol. The first kappa shape index (κ1) is 13.4. The van der Waals surface area contributed by atoms with Crippen molar-refractivity contribution < 1.29 is 8.78 Å². The highest BCUT2D eigenvalue weighted by Crippen LogP contribution is 2.28. The van der Waals surface area contributed by atoms with E-state index in [1.165, 1.54) is 11.3 Å². The second-order valence-electron chi connectivity index (χ2n) is 4.97. The minimum absolute atomic E-state index is 0.00921. The molecule has 0 spiro atoms. The largest absolute Gasteiger partial charge is 0.382 e. The summed E-state index contributed by atoms with van der Waals surface area (Å²) in [5, 5.41) is 0. The highest BCUT2D eigenvalue weighted by Gasteiger charge is 2.24. The lowest BCUT2D eigenvalue weighted by Gasteiger charge is -2.31. The van der Waals surface area contributed by atoms with Gasteiger partial charge in [0.2, 0.25) is 12.4 Å². The summed E-state index contributed by atoms with van der Waals surface area (Å²) in [5.41, 5.74) is 8.19. The van der Waals surface area contributed by atoms with Gasteiger partial charge in [-0.25, -0.2) is 13.8 Å². The second kappa shape index (κ2) is 5.43. The van der Waals surface area contributed by atoms with Crippen molar-refractivity contribution in [1.82, 2.24) is 15.0 Å². The van der Waals surface area contributed by atoms with Crippen molar-refractivity contribution in [2.24, 2.45) is 5.92 Å². The first-order valence-electron chi connectivity index (χ1n) is 6.53. The summed E-state index contributed by atoms with van der Waals surface area (Å²) < 4.78 is 24.7. The zero-order valence-corrected chi connectivity index (χ0v) is 11.6. The van der Waals surface area contributed by atoms with E-state index in [1.54, 1.807) is 5.51 Å². The maximum atomic E-state index is 12.4. The Morgan fingerprint density at radius 3 is 2.80 bits per heavy atom. The third kappa shape index (κ3) is 2.65. The monoisotopic (exact) mass is 299 g/mol. The number of halogens is 2. The number of piperidine rings is 1. The molecule has 5 nitrogen and oxygen atoms in total. The Hall–Kier alpha value is -1.57. The van der Waals surface area contributed by atoms with Crippen LogP contribution in [0.5, 0.6) is 0 Å². The number of thiazole rings is 1. The van der Waals surface area contributed by atoms with Crippen LogP contribution in [0.1, 0.15) is 19.3 Å². The number of aromatic nitrogens is 3. The van der Waals surface area contributed by atoms with Crippen LogP contribution < -0.4 is 10.6 Å². The SMILES string of the molecule is Nc1nc(N2CCC(CC(F)F)CC2)nc2scnc12. The summed E-state index contributed by atoms with van der Waals surface area (Å²) in [4.78, 5) is 15.6. The number of anilines is 2. The van der Waals surface area contributed by atoms with Crippen molar-refractivity contribution in [3.8, 4) is 0 Å². The molecule has 0 aromatic carbocycles. The van der Waals surface area contributed by atoms with Gasteiger partial charge in [0.25, 0.3) is 0 Å². The molecule has 0 aliphatic carbocycles. The number of hydrogen-bond donors (Lipinski definition) is 1. The molecule has 0 atom stereocenters. The average Bonchev–Trinajstić information content (AvgIpc) is 2.87. The van der Waals surface area contributed by atoms with E-state index in [-0.39, 0.29) is 12.3 Å². The molecule has 20 heavy (non-hydrogen) atoms. The molecule has 0 saturated carbocycles. The number of nitrogens with zero attached hydrogens (tertiary/aromatic N) is 4. The zero-order chi connectivity index (χ0) is 14.1. The zero-order valence-electron chi connectivity index (χ0n) is 10.8. The van der Waals surface area contributed by atoms with Crippen LogP contribution in [0, 0.1) is 5.92 Å². The van der Waals surface area contributed by atoms with Gasteiger partial charge >= 0.3 is 0 Å². The van der Waals surface area contributed by atoms with Gasteiger partial charge < -0.3 is 10.6 Å². The summed E-state index contributed by atoms with van der Waals surface area (Å²) in [6, 6.07) is 0. The van der Waals surface area contributed by atoms with Crippen molar-refractivity contribution in [3.63, 3.8) is 0 Å². The van der Waals surface area contributed by atoms with Gasteiger partial charge in [0.1, 0.15) is 5.52 Å². The molecule has 1 saturated heterocycles. The highest BCUT2D eigenvalue weighted by molar-refractivity contribution is 7.16. The molecule has 2 N–H and O–H groups in total. The Labute approximate surface area is 118 Å². The van der Waals surface area contributed by atoms with Crippen molar-refractivity contribution in [3.05, 3.63) is 5.51 Å². The molecule has 108 valence electrons. The van der Waals surface area contributed by atoms with E-state index in [0.717, 1.165) is 17.7 Å². The van der Waals surface area contributed by atoms with Gasteiger partial charge in [0.05, 0.1) is 5.51 Å². The number of nitrogen functional groups attached to an aromatic ring is 1. The van der Waals surface area contributed by atoms with E-state index < -0.39 is 6.43 Å². The smallest absolute Gasteiger partial charge is 0.238 e. The summed E-state index contributed by atoms with van der Waals surface area (Å²) >= 11 is 1.42. The van der Waals surface area contributed by atoms with Gasteiger partial charge in [-0.2, -0.15) is 9.97 Å². The molecule has 0 bridgehead atoms. The fourth-order valence-electron chi connectivity index (χ4n) is 2.53. The lowest BCUT2D eigenvalue weighted by molar-refractivity contribution is 0.108. The van der Waals surface area contributed by atoms with Crippen LogP contribution in [0.25, 0.3) is 10.3 Å². The highest BCUT2D eigenvalue weighted by atomic mass is 32.1. The predicted octanol–water partition coefficient (Wildman–Crippen LogP) is 2.54. The van der Waals surface area contributed by atoms with Crippen LogP contribution in [0.15, 0.2) is 5.51 Å². The maximum absolute atomic E-state index is 12.4. The molecular weight excluding hydrogens is 284 g/mol. The fourth-order valence-corrected chi connectivity index (χ4v) is 3.19. The van der Waals surface area contributed by atoms with E-state index in [2.05, 4.69) is 15.0 Å². The molecule has 3 rings (SSSR count). The van der Waals surface area contributed by atoms with Crippen molar-refractivity contribution in [1.29, 1.82) is 0 Å². The summed E-state index contributed by atoms with van der Waals surface area (Å²) in [5.74, 6) is 1.05. The van der Waals surface area contributed by atoms with Crippen LogP contribution in [-0.2, 0) is 0 Å². The van der Waals surface area contributed by atoms with E-state index in [0.29, 0.717) is 30.4 Å². The van der Waals surface area contributed by atoms with Crippen LogP contribution in [0.4, 0.5) is 20.5 Å². The molecule has 1 aliphatic heterocycles. The van der Waals surface area contributed by atoms with E-state index in [4.69, 9.17) is 5.73 Å². The van der Waals surface area contributed by atoms with Gasteiger partial charge in [-0.05, 0) is 18.8 Å². The normalized spacial score (nSPS) is 17.2. The minimum Gasteiger partial charge on any atom is -0.382 e. The number of rotatable bonds is 3. The molecule has 3 heterocycles. The topological polar surface area (TPSA) is 67.9 Å². The summed E-state index contributed by atoms with van der Waals surface area (Å²) in [7, 11) is 0. The number of alkyl halides is 2. The standard InChI is InChI=1S/C12H15F2N5S/c13-8(14)5-7-1-3-19(4-2-7)12-17-10(15)9-11(18-12)20-6-16-9/h6-8H,1-5H2,(H2,15,17,18). The maximum Gasteiger partial charge on any atom is 0.238 e. The van der Waals surface area contributed by atoms with Crippen molar-refractivity contribution in [2.75, 3.05) is 23.7 Å². The Morgan fingerprint density at radius 2 is 2.10 bits per heavy atom. The fraction of sp³-hybridized carbons (Fsp3) is 0.583. The molecule has 8 heteroatoms. The van der Waals surface area contributed by atoms with Crippen LogP contribution in [0.3, 0.4) is 0 Å². The van der Waals surface area contributed by atoms with Crippen molar-refractivity contribution in [2.45, 2.75) is 25.7 Å². The van der Waals surface area contributed by atoms with E-state index in [1.807, 2.05) is 4.90 Å². The molecule has 2 aromatic rings. The molecular formula is C12H15F2N5S. The first-order valence-corrected chi connectivity index (χ1v) is 7.41. The lowest BCUT2D eigenvalue weighted by Crippen LogP contribution is -2.35. The third-order valence-electron chi connectivity index (χ3n) is 3.62. The van der Waals surface area contributed by atoms with Gasteiger partial charge in [-0.3, -0.25) is 0 Å². The Bertz CT molecular complexity index is 595. The van der Waals surface area contributed by atoms with Crippen LogP contribution >= 0.6 is 11.3 Å². The van der Waals surface area contributed by atoms with Gasteiger partial charge in [-0.15, -0.1) is 11.3 Å². The van der Waals surface area contributed by atoms with E-state index >= 15 is 0 Å². The molecule has 0 amide bonds. The van der Waals surface area contributed by atoms with Gasteiger partial charge in [0, 0.05) is 19.5 Å². The number of fused-ring (bicyclic) bond motifs is 1. The van der Waals surface area contributed by atoms with E-state index in [9.17, 15) is 8.78 Å². The molecule has 1 fully saturated rings. The quantitative estimate of drug-likeness (QED) is 0.943. The van der Waals surface area contributed by atoms with Gasteiger partial charge in [-0.1, -0.05) is 0 Å². The third-order valence-corrected chi connectivity index (χ3v) is 4.34. The lowest BCUT2D eigenvalue weighted by atomic mass is 9.94. The Morgan fingerprint density at radius 1 is 1.35 bits per heavy atom. The molecule has 0 unspecified atom stereocenters. The minimum atomic E-state index is -2.22. The van der Waals surface area contributed by atoms with Crippen molar-refractivity contribution >= 4 is 33.5 Å². The second-order valence-corrected chi connectivity index (χ2v) is 5.81. The van der Waals surface area contributed by atoms with Crippen LogP contribution in [0.2, 0.25) is 0 Å². The summed E-state index contributed by atoms with van der Waals surface area (Å²) in [6.07, 6.45) is -0.736. The first-order chi connectivity index (χ1) is 9.63. The molecule has 1 aliphatic rings. The van der Waals surface area contributed by atoms with Gasteiger partial charge in [0.15, 0.2) is 10.6 Å². The Balaban J connectivity index is 1.73. The molecule has 2 aromatic heterocycles. The number of nitrogens with two attached hydrogens (primary N) is 1. The average molecular weight is 299 g/mol. The van der Waals surface area contributed by atoms with Crippen LogP contribution in [-0.4, -0.2) is 34.5 Å². The molecule has 0 radical (unpaired) electrons. The Kier molecular flexibility index (Phi) is 3.64. The number of hydrogen-bond acceptors (Lipinski definition) is 6. The summed E-state index contributed by atoms with van der Waals surface area (Å²) in [6.45, 7) is 1.39.